The van der Waals surface area contributed by atoms with Crippen molar-refractivity contribution < 1.29 is 0 Å². The van der Waals surface area contributed by atoms with Crippen molar-refractivity contribution in [1.29, 1.82) is 0 Å². The second kappa shape index (κ2) is 5.01. The molecule has 1 aromatic heterocycles. The highest BCUT2D eigenvalue weighted by Gasteiger charge is 2.01. The number of benzene rings is 1. The molecule has 1 N–H and O–H groups in total. The van der Waals surface area contributed by atoms with Crippen molar-refractivity contribution in [2.45, 2.75) is 0 Å². The zero-order valence-electron chi connectivity index (χ0n) is 9.68. The fourth-order valence-electron chi connectivity index (χ4n) is 1.35. The van der Waals surface area contributed by atoms with Gasteiger partial charge in [-0.1, -0.05) is 17.7 Å². The molecule has 1 aromatic carbocycles. The van der Waals surface area contributed by atoms with Gasteiger partial charge in [-0.2, -0.15) is 0 Å². The number of hydrogen-bond donors (Lipinski definition) is 1. The average Bonchev–Trinajstić information content (AvgIpc) is 2.29. The number of anilines is 3. The van der Waals surface area contributed by atoms with Gasteiger partial charge in [0, 0.05) is 24.8 Å². The molecule has 4 nitrogen and oxygen atoms in total. The van der Waals surface area contributed by atoms with Crippen LogP contribution in [-0.2, 0) is 0 Å². The Hall–Kier alpha value is -1.81. The second-order valence-corrected chi connectivity index (χ2v) is 4.23. The van der Waals surface area contributed by atoms with Gasteiger partial charge in [0.1, 0.15) is 5.82 Å². The van der Waals surface area contributed by atoms with Crippen LogP contribution in [0.25, 0.3) is 0 Å². The molecule has 0 aliphatic heterocycles. The molecule has 0 aliphatic carbocycles. The van der Waals surface area contributed by atoms with Gasteiger partial charge in [0.2, 0.25) is 0 Å². The molecule has 0 bridgehead atoms. The molecule has 0 atom stereocenters. The zero-order valence-corrected chi connectivity index (χ0v) is 10.4. The summed E-state index contributed by atoms with van der Waals surface area (Å²) in [5.74, 6) is 1.50. The first-order chi connectivity index (χ1) is 8.15. The van der Waals surface area contributed by atoms with Gasteiger partial charge in [0.15, 0.2) is 5.82 Å². The Balaban J connectivity index is 2.21. The predicted octanol–water partition coefficient (Wildman–Crippen LogP) is 2.94. The van der Waals surface area contributed by atoms with Gasteiger partial charge in [-0.3, -0.25) is 4.98 Å². The standard InChI is InChI=1S/C12H13ClN4/c1-17(2)12-8-14-7-11(16-12)15-10-5-3-4-9(13)6-10/h3-8H,1-2H3,(H,15,16). The zero-order chi connectivity index (χ0) is 12.3. The van der Waals surface area contributed by atoms with Crippen LogP contribution in [0.15, 0.2) is 36.7 Å². The van der Waals surface area contributed by atoms with Gasteiger partial charge < -0.3 is 10.2 Å². The first kappa shape index (κ1) is 11.7. The van der Waals surface area contributed by atoms with Crippen molar-refractivity contribution in [2.75, 3.05) is 24.3 Å². The predicted molar refractivity (Wildman–Crippen MR) is 71.1 cm³/mol. The van der Waals surface area contributed by atoms with Crippen LogP contribution in [0.5, 0.6) is 0 Å². The second-order valence-electron chi connectivity index (χ2n) is 3.79. The third kappa shape index (κ3) is 3.07. The average molecular weight is 249 g/mol. The number of nitrogens with one attached hydrogen (secondary N) is 1. The largest absolute Gasteiger partial charge is 0.361 e. The number of nitrogens with zero attached hydrogens (tertiary/aromatic N) is 3. The molecule has 0 fully saturated rings. The Labute approximate surface area is 105 Å². The van der Waals surface area contributed by atoms with E-state index in [1.54, 1.807) is 12.4 Å². The number of halogens is 1. The lowest BCUT2D eigenvalue weighted by Gasteiger charge is -2.12. The fraction of sp³-hybridized carbons (Fsp3) is 0.167. The Kier molecular flexibility index (Phi) is 3.44. The minimum Gasteiger partial charge on any atom is -0.361 e. The van der Waals surface area contributed by atoms with E-state index in [2.05, 4.69) is 15.3 Å². The van der Waals surface area contributed by atoms with Gasteiger partial charge in [-0.05, 0) is 18.2 Å². The molecule has 88 valence electrons. The Morgan fingerprint density at radius 3 is 2.76 bits per heavy atom. The van der Waals surface area contributed by atoms with E-state index in [9.17, 15) is 0 Å². The van der Waals surface area contributed by atoms with Gasteiger partial charge in [-0.15, -0.1) is 0 Å². The molecule has 2 aromatic rings. The molecule has 0 saturated heterocycles. The summed E-state index contributed by atoms with van der Waals surface area (Å²) in [5.41, 5.74) is 0.891. The van der Waals surface area contributed by atoms with Crippen LogP contribution in [0, 0.1) is 0 Å². The molecule has 17 heavy (non-hydrogen) atoms. The van der Waals surface area contributed by atoms with Gasteiger partial charge in [-0.25, -0.2) is 4.98 Å². The van der Waals surface area contributed by atoms with Crippen molar-refractivity contribution in [2.24, 2.45) is 0 Å². The molecule has 0 saturated carbocycles. The summed E-state index contributed by atoms with van der Waals surface area (Å²) < 4.78 is 0. The van der Waals surface area contributed by atoms with Crippen LogP contribution < -0.4 is 10.2 Å². The first-order valence-corrected chi connectivity index (χ1v) is 5.55. The summed E-state index contributed by atoms with van der Waals surface area (Å²) in [6, 6.07) is 7.48. The first-order valence-electron chi connectivity index (χ1n) is 5.17. The van der Waals surface area contributed by atoms with Crippen LogP contribution in [0.3, 0.4) is 0 Å². The maximum Gasteiger partial charge on any atom is 0.151 e. The minimum atomic E-state index is 0.687. The van der Waals surface area contributed by atoms with Crippen molar-refractivity contribution in [3.05, 3.63) is 41.7 Å². The molecule has 0 aliphatic rings. The summed E-state index contributed by atoms with van der Waals surface area (Å²) in [6.07, 6.45) is 3.39. The fourth-order valence-corrected chi connectivity index (χ4v) is 1.54. The number of hydrogen-bond acceptors (Lipinski definition) is 4. The third-order valence-electron chi connectivity index (χ3n) is 2.18. The monoisotopic (exact) mass is 248 g/mol. The lowest BCUT2D eigenvalue weighted by molar-refractivity contribution is 1.04. The maximum atomic E-state index is 5.91. The van der Waals surface area contributed by atoms with E-state index in [1.165, 1.54) is 0 Å². The molecule has 0 amide bonds. The summed E-state index contributed by atoms with van der Waals surface area (Å²) in [4.78, 5) is 10.4. The summed E-state index contributed by atoms with van der Waals surface area (Å²) >= 11 is 5.91. The Morgan fingerprint density at radius 2 is 2.06 bits per heavy atom. The maximum absolute atomic E-state index is 5.91. The summed E-state index contributed by atoms with van der Waals surface area (Å²) in [6.45, 7) is 0. The minimum absolute atomic E-state index is 0.687. The van der Waals surface area contributed by atoms with E-state index in [1.807, 2.05) is 43.3 Å². The highest BCUT2D eigenvalue weighted by molar-refractivity contribution is 6.30. The van der Waals surface area contributed by atoms with Crippen LogP contribution in [-0.4, -0.2) is 24.1 Å². The van der Waals surface area contributed by atoms with E-state index in [0.717, 1.165) is 11.5 Å². The SMILES string of the molecule is CN(C)c1cncc(Nc2cccc(Cl)c2)n1. The van der Waals surface area contributed by atoms with E-state index in [-0.39, 0.29) is 0 Å². The van der Waals surface area contributed by atoms with Crippen LogP contribution in [0.2, 0.25) is 5.02 Å². The highest BCUT2D eigenvalue weighted by atomic mass is 35.5. The molecule has 5 heteroatoms. The lowest BCUT2D eigenvalue weighted by Crippen LogP contribution is -2.11. The van der Waals surface area contributed by atoms with Crippen molar-refractivity contribution >= 4 is 28.9 Å². The number of aromatic nitrogens is 2. The molecular weight excluding hydrogens is 236 g/mol. The highest BCUT2D eigenvalue weighted by Crippen LogP contribution is 2.19. The molecule has 1 heterocycles. The van der Waals surface area contributed by atoms with E-state index in [0.29, 0.717) is 10.8 Å². The summed E-state index contributed by atoms with van der Waals surface area (Å²) in [5, 5.41) is 3.84. The van der Waals surface area contributed by atoms with Crippen LogP contribution in [0.1, 0.15) is 0 Å². The van der Waals surface area contributed by atoms with Crippen LogP contribution in [0.4, 0.5) is 17.3 Å². The quantitative estimate of drug-likeness (QED) is 0.907. The lowest BCUT2D eigenvalue weighted by atomic mass is 10.3. The molecule has 0 spiro atoms. The third-order valence-corrected chi connectivity index (χ3v) is 2.41. The number of rotatable bonds is 3. The van der Waals surface area contributed by atoms with Crippen molar-refractivity contribution in [3.8, 4) is 0 Å². The summed E-state index contributed by atoms with van der Waals surface area (Å²) in [7, 11) is 3.85. The molecule has 2 rings (SSSR count). The van der Waals surface area contributed by atoms with Gasteiger partial charge in [0.25, 0.3) is 0 Å². The van der Waals surface area contributed by atoms with Crippen LogP contribution >= 0.6 is 11.6 Å². The smallest absolute Gasteiger partial charge is 0.151 e. The normalized spacial score (nSPS) is 10.1. The van der Waals surface area contributed by atoms with Gasteiger partial charge >= 0.3 is 0 Å². The van der Waals surface area contributed by atoms with E-state index in [4.69, 9.17) is 11.6 Å². The molecule has 0 radical (unpaired) electrons. The Morgan fingerprint density at radius 1 is 1.24 bits per heavy atom. The van der Waals surface area contributed by atoms with Crippen molar-refractivity contribution in [3.63, 3.8) is 0 Å². The topological polar surface area (TPSA) is 41.1 Å². The molecular formula is C12H13ClN4. The Bertz CT molecular complexity index is 513. The van der Waals surface area contributed by atoms with E-state index >= 15 is 0 Å². The van der Waals surface area contributed by atoms with Crippen molar-refractivity contribution in [1.82, 2.24) is 9.97 Å². The van der Waals surface area contributed by atoms with Gasteiger partial charge in [0.05, 0.1) is 12.4 Å². The van der Waals surface area contributed by atoms with E-state index < -0.39 is 0 Å². The molecule has 0 unspecified atom stereocenters.